The minimum Gasteiger partial charge on any atom is -0.472 e. The van der Waals surface area contributed by atoms with Crippen molar-refractivity contribution in [2.45, 2.75) is 12.5 Å². The van der Waals surface area contributed by atoms with Crippen molar-refractivity contribution in [1.29, 1.82) is 0 Å². The molecule has 1 atom stereocenters. The first-order chi connectivity index (χ1) is 12.6. The van der Waals surface area contributed by atoms with Crippen LogP contribution in [-0.4, -0.2) is 58.2 Å². The predicted octanol–water partition coefficient (Wildman–Crippen LogP) is 1.36. The van der Waals surface area contributed by atoms with Gasteiger partial charge in [-0.1, -0.05) is 18.2 Å². The number of rotatable bonds is 4. The number of ether oxygens (including phenoxy) is 1. The van der Waals surface area contributed by atoms with Crippen LogP contribution in [0.1, 0.15) is 27.1 Å². The molecule has 132 valence electrons. The zero-order valence-corrected chi connectivity index (χ0v) is 14.0. The molecule has 0 N–H and O–H groups in total. The van der Waals surface area contributed by atoms with Gasteiger partial charge < -0.3 is 9.64 Å². The fourth-order valence-corrected chi connectivity index (χ4v) is 3.26. The van der Waals surface area contributed by atoms with Crippen molar-refractivity contribution >= 4 is 17.7 Å². The Morgan fingerprint density at radius 2 is 1.77 bits per heavy atom. The van der Waals surface area contributed by atoms with Gasteiger partial charge in [-0.25, -0.2) is 4.98 Å². The normalized spacial score (nSPS) is 19.0. The third kappa shape index (κ3) is 2.92. The third-order valence-electron chi connectivity index (χ3n) is 4.59. The number of hydrogen-bond donors (Lipinski definition) is 0. The lowest BCUT2D eigenvalue weighted by atomic mass is 10.1. The Hall–Kier alpha value is -3.22. The molecule has 0 radical (unpaired) electrons. The average Bonchev–Trinajstić information content (AvgIpc) is 3.22. The molecule has 3 heterocycles. The molecule has 26 heavy (non-hydrogen) atoms. The number of pyridine rings is 1. The van der Waals surface area contributed by atoms with Gasteiger partial charge in [0.25, 0.3) is 11.8 Å². The molecule has 2 aromatic rings. The Kier molecular flexibility index (Phi) is 4.12. The molecule has 2 aliphatic rings. The molecule has 1 unspecified atom stereocenters. The van der Waals surface area contributed by atoms with Gasteiger partial charge in [0.2, 0.25) is 11.8 Å². The summed E-state index contributed by atoms with van der Waals surface area (Å²) in [5.41, 5.74) is 0.700. The van der Waals surface area contributed by atoms with E-state index in [4.69, 9.17) is 4.74 Å². The number of carbonyl (C=O) groups is 3. The summed E-state index contributed by atoms with van der Waals surface area (Å²) >= 11 is 0. The first-order valence-corrected chi connectivity index (χ1v) is 8.44. The highest BCUT2D eigenvalue weighted by atomic mass is 16.5. The number of aromatic nitrogens is 1. The summed E-state index contributed by atoms with van der Waals surface area (Å²) in [7, 11) is 0. The molecule has 0 aliphatic carbocycles. The highest BCUT2D eigenvalue weighted by molar-refractivity contribution is 6.22. The van der Waals surface area contributed by atoms with Gasteiger partial charge in [-0.15, -0.1) is 0 Å². The molecular weight excluding hydrogens is 334 g/mol. The summed E-state index contributed by atoms with van der Waals surface area (Å²) < 4.78 is 5.77. The minimum atomic E-state index is -0.417. The van der Waals surface area contributed by atoms with E-state index >= 15 is 0 Å². The van der Waals surface area contributed by atoms with Crippen molar-refractivity contribution < 1.29 is 19.1 Å². The van der Waals surface area contributed by atoms with E-state index < -0.39 is 11.8 Å². The Morgan fingerprint density at radius 1 is 1.08 bits per heavy atom. The van der Waals surface area contributed by atoms with Crippen molar-refractivity contribution in [3.63, 3.8) is 0 Å². The van der Waals surface area contributed by atoms with E-state index in [1.54, 1.807) is 47.5 Å². The van der Waals surface area contributed by atoms with E-state index in [9.17, 15) is 14.4 Å². The molecular formula is C19H17N3O4. The Bertz CT molecular complexity index is 833. The highest BCUT2D eigenvalue weighted by Crippen LogP contribution is 2.23. The molecule has 7 heteroatoms. The monoisotopic (exact) mass is 351 g/mol. The number of nitrogens with zero attached hydrogens (tertiary/aromatic N) is 3. The van der Waals surface area contributed by atoms with Crippen LogP contribution in [0.4, 0.5) is 0 Å². The van der Waals surface area contributed by atoms with Crippen LogP contribution in [0, 0.1) is 0 Å². The van der Waals surface area contributed by atoms with Crippen molar-refractivity contribution in [2.75, 3.05) is 19.6 Å². The second-order valence-corrected chi connectivity index (χ2v) is 6.28. The van der Waals surface area contributed by atoms with Gasteiger partial charge in [-0.05, 0) is 18.2 Å². The molecule has 0 saturated carbocycles. The van der Waals surface area contributed by atoms with E-state index in [1.807, 2.05) is 6.07 Å². The SMILES string of the molecule is O=C(CN1C(=O)c2ccccc2C1=O)N1CCC(Oc2ccccn2)C1. The maximum Gasteiger partial charge on any atom is 0.262 e. The number of hydrogen-bond acceptors (Lipinski definition) is 5. The Balaban J connectivity index is 1.38. The van der Waals surface area contributed by atoms with Crippen molar-refractivity contribution in [3.8, 4) is 5.88 Å². The van der Waals surface area contributed by atoms with Gasteiger partial charge in [-0.2, -0.15) is 0 Å². The number of carbonyl (C=O) groups excluding carboxylic acids is 3. The molecule has 1 aromatic carbocycles. The molecule has 0 bridgehead atoms. The van der Waals surface area contributed by atoms with Gasteiger partial charge >= 0.3 is 0 Å². The number of likely N-dealkylation sites (tertiary alicyclic amines) is 1. The van der Waals surface area contributed by atoms with Gasteiger partial charge in [-0.3, -0.25) is 19.3 Å². The lowest BCUT2D eigenvalue weighted by Crippen LogP contribution is -2.42. The van der Waals surface area contributed by atoms with Gasteiger partial charge in [0.05, 0.1) is 17.7 Å². The van der Waals surface area contributed by atoms with E-state index in [2.05, 4.69) is 4.98 Å². The van der Waals surface area contributed by atoms with E-state index in [1.165, 1.54) is 0 Å². The fraction of sp³-hybridized carbons (Fsp3) is 0.263. The summed E-state index contributed by atoms with van der Waals surface area (Å²) in [6, 6.07) is 12.0. The number of amides is 3. The molecule has 1 saturated heterocycles. The average molecular weight is 351 g/mol. The molecule has 4 rings (SSSR count). The Morgan fingerprint density at radius 3 is 2.42 bits per heavy atom. The van der Waals surface area contributed by atoms with Crippen LogP contribution >= 0.6 is 0 Å². The lowest BCUT2D eigenvalue weighted by Gasteiger charge is -2.20. The van der Waals surface area contributed by atoms with Crippen LogP contribution in [0.2, 0.25) is 0 Å². The van der Waals surface area contributed by atoms with Gasteiger partial charge in [0, 0.05) is 25.2 Å². The molecule has 0 spiro atoms. The number of fused-ring (bicyclic) bond motifs is 1. The first kappa shape index (κ1) is 16.3. The van der Waals surface area contributed by atoms with Gasteiger partial charge in [0.15, 0.2) is 0 Å². The van der Waals surface area contributed by atoms with Crippen LogP contribution in [-0.2, 0) is 4.79 Å². The fourth-order valence-electron chi connectivity index (χ4n) is 3.26. The summed E-state index contributed by atoms with van der Waals surface area (Å²) in [5, 5.41) is 0. The number of benzene rings is 1. The van der Waals surface area contributed by atoms with Crippen LogP contribution in [0.3, 0.4) is 0 Å². The molecule has 1 fully saturated rings. The summed E-state index contributed by atoms with van der Waals surface area (Å²) in [5.74, 6) is -0.572. The number of imide groups is 1. The van der Waals surface area contributed by atoms with Crippen LogP contribution in [0.25, 0.3) is 0 Å². The van der Waals surface area contributed by atoms with Crippen molar-refractivity contribution in [3.05, 3.63) is 59.8 Å². The van der Waals surface area contributed by atoms with E-state index in [-0.39, 0.29) is 18.6 Å². The summed E-state index contributed by atoms with van der Waals surface area (Å²) in [6.07, 6.45) is 2.19. The maximum absolute atomic E-state index is 12.6. The molecule has 2 aliphatic heterocycles. The van der Waals surface area contributed by atoms with Crippen LogP contribution < -0.4 is 4.74 Å². The standard InChI is InChI=1S/C19H17N3O4/c23-17(12-22-18(24)14-5-1-2-6-15(14)19(22)25)21-10-8-13(11-21)26-16-7-3-4-9-20-16/h1-7,9,13H,8,10-12H2. The predicted molar refractivity (Wildman–Crippen MR) is 91.7 cm³/mol. The largest absolute Gasteiger partial charge is 0.472 e. The molecule has 1 aromatic heterocycles. The molecule has 3 amide bonds. The summed E-state index contributed by atoms with van der Waals surface area (Å²) in [4.78, 5) is 44.0. The zero-order valence-electron chi connectivity index (χ0n) is 14.0. The second kappa shape index (κ2) is 6.59. The van der Waals surface area contributed by atoms with Gasteiger partial charge in [0.1, 0.15) is 12.6 Å². The van der Waals surface area contributed by atoms with Crippen molar-refractivity contribution in [1.82, 2.24) is 14.8 Å². The van der Waals surface area contributed by atoms with Crippen LogP contribution in [0.15, 0.2) is 48.7 Å². The first-order valence-electron chi connectivity index (χ1n) is 8.44. The maximum atomic E-state index is 12.6. The second-order valence-electron chi connectivity index (χ2n) is 6.28. The van der Waals surface area contributed by atoms with Crippen LogP contribution in [0.5, 0.6) is 5.88 Å². The highest BCUT2D eigenvalue weighted by Gasteiger charge is 2.38. The molecule has 7 nitrogen and oxygen atoms in total. The topological polar surface area (TPSA) is 79.8 Å². The minimum absolute atomic E-state index is 0.143. The zero-order chi connectivity index (χ0) is 18.1. The van der Waals surface area contributed by atoms with Crippen molar-refractivity contribution in [2.24, 2.45) is 0 Å². The quantitative estimate of drug-likeness (QED) is 0.777. The smallest absolute Gasteiger partial charge is 0.262 e. The Labute approximate surface area is 150 Å². The lowest BCUT2D eigenvalue weighted by molar-refractivity contribution is -0.130. The summed E-state index contributed by atoms with van der Waals surface area (Å²) in [6.45, 7) is 0.695. The van der Waals surface area contributed by atoms with E-state index in [0.717, 1.165) is 4.90 Å². The van der Waals surface area contributed by atoms with E-state index in [0.29, 0.717) is 36.5 Å². The third-order valence-corrected chi connectivity index (χ3v) is 4.59.